The fourth-order valence-corrected chi connectivity index (χ4v) is 3.54. The highest BCUT2D eigenvalue weighted by molar-refractivity contribution is 6.27. The Labute approximate surface area is 189 Å². The Balaban J connectivity index is 2.15. The second-order valence-electron chi connectivity index (χ2n) is 7.22. The van der Waals surface area contributed by atoms with Crippen LogP contribution in [0.4, 0.5) is 17.1 Å². The largest absolute Gasteiger partial charge is 0.462 e. The standard InChI is InChI=1S/C22H23N5O6/c1-3-33-22(28)20(18-10-7-13-25(18)2)21(15-8-5-4-6-9-15)24-23-17-12-11-16(26(29)30)14-19(17)27(31)32/h4-6,8-9,11-12,14,23H,3,7,10,13H2,1-2H3/b20-18-,24-21-. The number of carbonyl (C=O) groups excluding carboxylic acids is 1. The summed E-state index contributed by atoms with van der Waals surface area (Å²) in [6, 6.07) is 12.1. The molecule has 0 unspecified atom stereocenters. The van der Waals surface area contributed by atoms with E-state index in [2.05, 4.69) is 10.5 Å². The molecule has 33 heavy (non-hydrogen) atoms. The number of carbonyl (C=O) groups is 1. The minimum absolute atomic E-state index is 0.0491. The molecule has 0 bridgehead atoms. The second-order valence-corrected chi connectivity index (χ2v) is 7.22. The molecule has 172 valence electrons. The highest BCUT2D eigenvalue weighted by Crippen LogP contribution is 2.30. The smallest absolute Gasteiger partial charge is 0.342 e. The van der Waals surface area contributed by atoms with Crippen LogP contribution in [0.1, 0.15) is 25.3 Å². The Morgan fingerprint density at radius 1 is 1.15 bits per heavy atom. The molecule has 1 heterocycles. The van der Waals surface area contributed by atoms with Gasteiger partial charge >= 0.3 is 11.7 Å². The third-order valence-electron chi connectivity index (χ3n) is 5.10. The maximum atomic E-state index is 13.0. The van der Waals surface area contributed by atoms with Crippen LogP contribution in [0.3, 0.4) is 0 Å². The number of likely N-dealkylation sites (tertiary alicyclic amines) is 1. The number of nitro benzene ring substituents is 2. The van der Waals surface area contributed by atoms with Crippen molar-refractivity contribution in [2.24, 2.45) is 5.10 Å². The molecule has 0 spiro atoms. The van der Waals surface area contributed by atoms with E-state index >= 15 is 0 Å². The molecule has 0 saturated carbocycles. The minimum Gasteiger partial charge on any atom is -0.462 e. The average molecular weight is 453 g/mol. The molecule has 1 N–H and O–H groups in total. The third-order valence-corrected chi connectivity index (χ3v) is 5.10. The Morgan fingerprint density at radius 3 is 2.45 bits per heavy atom. The highest BCUT2D eigenvalue weighted by Gasteiger charge is 2.29. The number of nitrogens with one attached hydrogen (secondary N) is 1. The summed E-state index contributed by atoms with van der Waals surface area (Å²) in [4.78, 5) is 36.0. The first-order valence-electron chi connectivity index (χ1n) is 10.3. The normalized spacial score (nSPS) is 15.2. The monoisotopic (exact) mass is 453 g/mol. The van der Waals surface area contributed by atoms with Gasteiger partial charge < -0.3 is 9.64 Å². The van der Waals surface area contributed by atoms with E-state index in [4.69, 9.17) is 4.74 Å². The molecule has 11 heteroatoms. The number of allylic oxidation sites excluding steroid dienone is 1. The zero-order chi connectivity index (χ0) is 24.0. The maximum Gasteiger partial charge on any atom is 0.342 e. The van der Waals surface area contributed by atoms with Crippen LogP contribution in [-0.2, 0) is 9.53 Å². The van der Waals surface area contributed by atoms with Crippen molar-refractivity contribution in [3.8, 4) is 0 Å². The van der Waals surface area contributed by atoms with Crippen molar-refractivity contribution in [3.63, 3.8) is 0 Å². The molecule has 0 aromatic heterocycles. The molecular weight excluding hydrogens is 430 g/mol. The third kappa shape index (κ3) is 5.32. The van der Waals surface area contributed by atoms with Gasteiger partial charge in [0.05, 0.1) is 22.5 Å². The van der Waals surface area contributed by atoms with Crippen LogP contribution >= 0.6 is 0 Å². The number of hydrazone groups is 1. The Morgan fingerprint density at radius 2 is 1.88 bits per heavy atom. The maximum absolute atomic E-state index is 13.0. The van der Waals surface area contributed by atoms with E-state index < -0.39 is 27.2 Å². The number of anilines is 1. The molecule has 0 atom stereocenters. The lowest BCUT2D eigenvalue weighted by Crippen LogP contribution is -2.24. The molecule has 3 rings (SSSR count). The summed E-state index contributed by atoms with van der Waals surface area (Å²) in [5.41, 5.74) is 3.54. The molecule has 0 radical (unpaired) electrons. The van der Waals surface area contributed by atoms with Crippen LogP contribution < -0.4 is 5.43 Å². The molecule has 1 fully saturated rings. The summed E-state index contributed by atoms with van der Waals surface area (Å²) in [6.07, 6.45) is 1.51. The predicted octanol–water partition coefficient (Wildman–Crippen LogP) is 3.86. The number of ether oxygens (including phenoxy) is 1. The first-order chi connectivity index (χ1) is 15.8. The number of nitrogens with zero attached hydrogens (tertiary/aromatic N) is 4. The van der Waals surface area contributed by atoms with E-state index in [1.54, 1.807) is 31.2 Å². The van der Waals surface area contributed by atoms with Crippen molar-refractivity contribution >= 4 is 28.7 Å². The number of nitro groups is 2. The Hall–Kier alpha value is -4.28. The lowest BCUT2D eigenvalue weighted by atomic mass is 9.99. The van der Waals surface area contributed by atoms with Crippen LogP contribution in [-0.4, -0.2) is 46.6 Å². The fourth-order valence-electron chi connectivity index (χ4n) is 3.54. The molecule has 0 aliphatic carbocycles. The van der Waals surface area contributed by atoms with Crippen molar-refractivity contribution in [1.29, 1.82) is 0 Å². The van der Waals surface area contributed by atoms with Gasteiger partial charge in [0.25, 0.3) is 5.69 Å². The van der Waals surface area contributed by atoms with E-state index in [9.17, 15) is 25.0 Å². The number of hydrogen-bond acceptors (Lipinski definition) is 9. The van der Waals surface area contributed by atoms with Gasteiger partial charge in [-0.1, -0.05) is 30.3 Å². The number of esters is 1. The van der Waals surface area contributed by atoms with E-state index in [1.807, 2.05) is 18.0 Å². The summed E-state index contributed by atoms with van der Waals surface area (Å²) in [7, 11) is 1.87. The van der Waals surface area contributed by atoms with E-state index in [1.165, 1.54) is 6.07 Å². The zero-order valence-electron chi connectivity index (χ0n) is 18.2. The molecule has 1 aliphatic heterocycles. The van der Waals surface area contributed by atoms with Gasteiger partial charge in [-0.05, 0) is 25.8 Å². The van der Waals surface area contributed by atoms with Crippen LogP contribution in [0.25, 0.3) is 0 Å². The van der Waals surface area contributed by atoms with Gasteiger partial charge in [-0.15, -0.1) is 0 Å². The number of rotatable bonds is 8. The van der Waals surface area contributed by atoms with Crippen LogP contribution in [0.15, 0.2) is 64.9 Å². The van der Waals surface area contributed by atoms with Gasteiger partial charge in [0.15, 0.2) is 0 Å². The van der Waals surface area contributed by atoms with Crippen LogP contribution in [0, 0.1) is 20.2 Å². The molecular formula is C22H23N5O6. The first-order valence-corrected chi connectivity index (χ1v) is 10.3. The van der Waals surface area contributed by atoms with E-state index in [-0.39, 0.29) is 23.6 Å². The quantitative estimate of drug-likeness (QED) is 0.209. The molecule has 1 aliphatic rings. The van der Waals surface area contributed by atoms with Crippen molar-refractivity contribution in [1.82, 2.24) is 4.90 Å². The number of hydrogen-bond donors (Lipinski definition) is 1. The van der Waals surface area contributed by atoms with Crippen molar-refractivity contribution in [2.75, 3.05) is 25.6 Å². The molecule has 1 saturated heterocycles. The van der Waals surface area contributed by atoms with E-state index in [0.29, 0.717) is 12.0 Å². The summed E-state index contributed by atoms with van der Waals surface area (Å²) < 4.78 is 5.31. The van der Waals surface area contributed by atoms with Crippen LogP contribution in [0.2, 0.25) is 0 Å². The topological polar surface area (TPSA) is 140 Å². The van der Waals surface area contributed by atoms with Crippen molar-refractivity contribution in [3.05, 3.63) is 85.6 Å². The molecule has 11 nitrogen and oxygen atoms in total. The van der Waals surface area contributed by atoms with Crippen molar-refractivity contribution < 1.29 is 19.4 Å². The Bertz CT molecular complexity index is 1130. The lowest BCUT2D eigenvalue weighted by Gasteiger charge is -2.19. The predicted molar refractivity (Wildman–Crippen MR) is 122 cm³/mol. The van der Waals surface area contributed by atoms with Gasteiger partial charge in [0, 0.05) is 30.9 Å². The minimum atomic E-state index is -0.734. The van der Waals surface area contributed by atoms with Gasteiger partial charge in [-0.25, -0.2) is 4.79 Å². The summed E-state index contributed by atoms with van der Waals surface area (Å²) in [5, 5.41) is 26.9. The van der Waals surface area contributed by atoms with Crippen LogP contribution in [0.5, 0.6) is 0 Å². The lowest BCUT2D eigenvalue weighted by molar-refractivity contribution is -0.393. The fraction of sp³-hybridized carbons (Fsp3) is 0.273. The van der Waals surface area contributed by atoms with Gasteiger partial charge in [0.2, 0.25) is 0 Å². The zero-order valence-corrected chi connectivity index (χ0v) is 18.2. The Kier molecular flexibility index (Phi) is 7.34. The highest BCUT2D eigenvalue weighted by atomic mass is 16.6. The SMILES string of the molecule is CCOC(=O)C(/C(=N\Nc1ccc([N+](=O)[O-])cc1[N+](=O)[O-])c1ccccc1)=C1/CCCN1C. The molecule has 2 aromatic carbocycles. The summed E-state index contributed by atoms with van der Waals surface area (Å²) >= 11 is 0. The molecule has 0 amide bonds. The second kappa shape index (κ2) is 10.4. The number of non-ortho nitro benzene ring substituents is 1. The van der Waals surface area contributed by atoms with Gasteiger partial charge in [-0.2, -0.15) is 5.10 Å². The number of benzene rings is 2. The molecule has 2 aromatic rings. The average Bonchev–Trinajstić information content (AvgIpc) is 3.22. The van der Waals surface area contributed by atoms with E-state index in [0.717, 1.165) is 30.8 Å². The van der Waals surface area contributed by atoms with Gasteiger partial charge in [-0.3, -0.25) is 25.7 Å². The first kappa shape index (κ1) is 23.4. The van der Waals surface area contributed by atoms with Crippen molar-refractivity contribution in [2.45, 2.75) is 19.8 Å². The summed E-state index contributed by atoms with van der Waals surface area (Å²) in [5.74, 6) is -0.552. The van der Waals surface area contributed by atoms with Gasteiger partial charge in [0.1, 0.15) is 17.0 Å². The summed E-state index contributed by atoms with van der Waals surface area (Å²) in [6.45, 7) is 2.64.